The summed E-state index contributed by atoms with van der Waals surface area (Å²) in [4.78, 5) is 24.9. The molecule has 0 spiro atoms. The summed E-state index contributed by atoms with van der Waals surface area (Å²) in [5.74, 6) is 0.0621. The number of nitrogens with one attached hydrogen (secondary N) is 2. The average molecular weight is 406 g/mol. The van der Waals surface area contributed by atoms with Crippen LogP contribution in [0, 0.1) is 5.92 Å². The van der Waals surface area contributed by atoms with Crippen LogP contribution in [0.15, 0.2) is 24.3 Å². The third-order valence-corrected chi connectivity index (χ3v) is 7.34. The van der Waals surface area contributed by atoms with Crippen molar-refractivity contribution in [2.75, 3.05) is 13.1 Å². The number of nitrogens with zero attached hydrogens (tertiary/aromatic N) is 1. The zero-order chi connectivity index (χ0) is 19.8. The Morgan fingerprint density at radius 3 is 2.32 bits per heavy atom. The SMILES string of the molecule is CC(=O)N1CCC(c2ccc(C3CC4C(CC3Cl)NNC4C(=O)O)cc2)CC1. The molecule has 1 aromatic rings. The Hall–Kier alpha value is -1.63. The maximum atomic E-state index is 11.5. The van der Waals surface area contributed by atoms with Gasteiger partial charge in [0.15, 0.2) is 0 Å². The molecule has 6 nitrogen and oxygen atoms in total. The van der Waals surface area contributed by atoms with Gasteiger partial charge < -0.3 is 10.0 Å². The first-order chi connectivity index (χ1) is 13.4. The lowest BCUT2D eigenvalue weighted by molar-refractivity contribution is -0.140. The van der Waals surface area contributed by atoms with E-state index in [1.807, 2.05) is 4.90 Å². The minimum atomic E-state index is -0.806. The van der Waals surface area contributed by atoms with Crippen molar-refractivity contribution in [1.82, 2.24) is 15.8 Å². The minimum absolute atomic E-state index is 0.00671. The quantitative estimate of drug-likeness (QED) is 0.673. The highest BCUT2D eigenvalue weighted by Crippen LogP contribution is 2.42. The number of piperidine rings is 1. The number of likely N-dealkylation sites (tertiary alicyclic amines) is 1. The van der Waals surface area contributed by atoms with Crippen LogP contribution < -0.4 is 10.9 Å². The van der Waals surface area contributed by atoms with Gasteiger partial charge >= 0.3 is 5.97 Å². The first kappa shape index (κ1) is 19.7. The highest BCUT2D eigenvalue weighted by atomic mass is 35.5. The van der Waals surface area contributed by atoms with E-state index in [1.54, 1.807) is 6.92 Å². The smallest absolute Gasteiger partial charge is 0.322 e. The number of carboxylic acid groups (broad SMARTS) is 1. The van der Waals surface area contributed by atoms with Crippen molar-refractivity contribution in [3.8, 4) is 0 Å². The maximum absolute atomic E-state index is 11.5. The van der Waals surface area contributed by atoms with Crippen LogP contribution in [0.1, 0.15) is 55.6 Å². The van der Waals surface area contributed by atoms with Crippen molar-refractivity contribution in [3.05, 3.63) is 35.4 Å². The molecular weight excluding hydrogens is 378 g/mol. The molecule has 152 valence electrons. The molecule has 2 saturated heterocycles. The lowest BCUT2D eigenvalue weighted by Crippen LogP contribution is -2.41. The van der Waals surface area contributed by atoms with E-state index in [0.717, 1.165) is 38.8 Å². The van der Waals surface area contributed by atoms with Crippen molar-refractivity contribution >= 4 is 23.5 Å². The van der Waals surface area contributed by atoms with Crippen LogP contribution in [-0.2, 0) is 9.59 Å². The summed E-state index contributed by atoms with van der Waals surface area (Å²) in [6.45, 7) is 3.29. The number of rotatable bonds is 3. The van der Waals surface area contributed by atoms with Crippen LogP contribution in [0.25, 0.3) is 0 Å². The van der Waals surface area contributed by atoms with Gasteiger partial charge in [-0.05, 0) is 42.7 Å². The third-order valence-electron chi connectivity index (χ3n) is 6.85. The Morgan fingerprint density at radius 2 is 1.71 bits per heavy atom. The summed E-state index contributed by atoms with van der Waals surface area (Å²) in [5, 5.41) is 9.44. The third kappa shape index (κ3) is 3.78. The molecule has 1 aromatic carbocycles. The summed E-state index contributed by atoms with van der Waals surface area (Å²) < 4.78 is 0. The second-order valence-electron chi connectivity index (χ2n) is 8.42. The van der Waals surface area contributed by atoms with E-state index in [1.165, 1.54) is 11.1 Å². The molecule has 1 saturated carbocycles. The normalized spacial score (nSPS) is 33.5. The van der Waals surface area contributed by atoms with Gasteiger partial charge in [0, 0.05) is 43.3 Å². The number of amides is 1. The fourth-order valence-corrected chi connectivity index (χ4v) is 5.60. The maximum Gasteiger partial charge on any atom is 0.322 e. The zero-order valence-electron chi connectivity index (χ0n) is 16.1. The zero-order valence-corrected chi connectivity index (χ0v) is 16.9. The second kappa shape index (κ2) is 8.01. The lowest BCUT2D eigenvalue weighted by Gasteiger charge is -2.36. The molecule has 2 aliphatic heterocycles. The molecule has 3 fully saturated rings. The van der Waals surface area contributed by atoms with Gasteiger partial charge in [0.05, 0.1) is 0 Å². The number of hydrazine groups is 1. The van der Waals surface area contributed by atoms with Gasteiger partial charge in [-0.15, -0.1) is 11.6 Å². The van der Waals surface area contributed by atoms with E-state index >= 15 is 0 Å². The summed E-state index contributed by atoms with van der Waals surface area (Å²) in [5.41, 5.74) is 8.54. The van der Waals surface area contributed by atoms with Crippen molar-refractivity contribution < 1.29 is 14.7 Å². The molecule has 5 unspecified atom stereocenters. The summed E-state index contributed by atoms with van der Waals surface area (Å²) in [6, 6.07) is 8.28. The van der Waals surface area contributed by atoms with Gasteiger partial charge in [-0.25, -0.2) is 5.43 Å². The van der Waals surface area contributed by atoms with E-state index in [-0.39, 0.29) is 29.2 Å². The number of fused-ring (bicyclic) bond motifs is 1. The van der Waals surface area contributed by atoms with E-state index in [2.05, 4.69) is 35.1 Å². The van der Waals surface area contributed by atoms with Gasteiger partial charge in [-0.3, -0.25) is 15.0 Å². The summed E-state index contributed by atoms with van der Waals surface area (Å²) in [7, 11) is 0. The second-order valence-corrected chi connectivity index (χ2v) is 8.98. The van der Waals surface area contributed by atoms with Crippen molar-refractivity contribution in [2.24, 2.45) is 5.92 Å². The standard InChI is InChI=1S/C21H28ClN3O3/c1-12(26)25-8-6-14(7-9-25)13-2-4-15(5-3-13)16-10-17-19(11-18(16)22)23-24-20(17)21(27)28/h2-5,14,16-20,23-24H,6-11H2,1H3,(H,27,28). The number of carbonyl (C=O) groups is 2. The molecule has 0 radical (unpaired) electrons. The Balaban J connectivity index is 1.43. The van der Waals surface area contributed by atoms with Crippen LogP contribution in [0.3, 0.4) is 0 Å². The number of benzene rings is 1. The predicted molar refractivity (Wildman–Crippen MR) is 107 cm³/mol. The molecule has 28 heavy (non-hydrogen) atoms. The molecule has 1 aliphatic carbocycles. The number of carbonyl (C=O) groups excluding carboxylic acids is 1. The Labute approximate surface area is 170 Å². The minimum Gasteiger partial charge on any atom is -0.480 e. The summed E-state index contributed by atoms with van der Waals surface area (Å²) >= 11 is 6.69. The monoisotopic (exact) mass is 405 g/mol. The van der Waals surface area contributed by atoms with Crippen molar-refractivity contribution in [2.45, 2.75) is 61.9 Å². The molecule has 1 amide bonds. The Morgan fingerprint density at radius 1 is 1.07 bits per heavy atom. The fourth-order valence-electron chi connectivity index (χ4n) is 5.16. The van der Waals surface area contributed by atoms with Crippen molar-refractivity contribution in [3.63, 3.8) is 0 Å². The molecule has 0 aromatic heterocycles. The molecule has 3 N–H and O–H groups in total. The average Bonchev–Trinajstić information content (AvgIpc) is 3.10. The topological polar surface area (TPSA) is 81.7 Å². The molecular formula is C21H28ClN3O3. The number of hydrogen-bond donors (Lipinski definition) is 3. The summed E-state index contributed by atoms with van der Waals surface area (Å²) in [6.07, 6.45) is 3.54. The van der Waals surface area contributed by atoms with E-state index in [0.29, 0.717) is 5.92 Å². The largest absolute Gasteiger partial charge is 0.480 e. The van der Waals surface area contributed by atoms with Gasteiger partial charge in [0.2, 0.25) is 5.91 Å². The molecule has 3 aliphatic rings. The number of carboxylic acids is 1. The number of aliphatic carboxylic acids is 1. The first-order valence-corrected chi connectivity index (χ1v) is 10.6. The highest BCUT2D eigenvalue weighted by molar-refractivity contribution is 6.21. The van der Waals surface area contributed by atoms with E-state index < -0.39 is 12.0 Å². The lowest BCUT2D eigenvalue weighted by atomic mass is 9.73. The van der Waals surface area contributed by atoms with E-state index in [4.69, 9.17) is 11.6 Å². The van der Waals surface area contributed by atoms with Gasteiger partial charge in [-0.2, -0.15) is 0 Å². The van der Waals surface area contributed by atoms with Crippen LogP contribution in [0.4, 0.5) is 0 Å². The first-order valence-electron chi connectivity index (χ1n) is 10.2. The Kier molecular flexibility index (Phi) is 5.63. The Bertz CT molecular complexity index is 733. The number of halogens is 1. The van der Waals surface area contributed by atoms with Gasteiger partial charge in [0.1, 0.15) is 6.04 Å². The molecule has 0 bridgehead atoms. The number of alkyl halides is 1. The van der Waals surface area contributed by atoms with E-state index in [9.17, 15) is 14.7 Å². The van der Waals surface area contributed by atoms with Gasteiger partial charge in [0.25, 0.3) is 0 Å². The molecule has 4 rings (SSSR count). The molecule has 2 heterocycles. The van der Waals surface area contributed by atoms with Crippen LogP contribution in [-0.4, -0.2) is 52.4 Å². The van der Waals surface area contributed by atoms with Crippen LogP contribution >= 0.6 is 11.6 Å². The predicted octanol–water partition coefficient (Wildman–Crippen LogP) is 2.44. The van der Waals surface area contributed by atoms with Crippen molar-refractivity contribution in [1.29, 1.82) is 0 Å². The molecule has 7 heteroatoms. The highest BCUT2D eigenvalue weighted by Gasteiger charge is 2.46. The number of hydrogen-bond acceptors (Lipinski definition) is 4. The van der Waals surface area contributed by atoms with Crippen LogP contribution in [0.2, 0.25) is 0 Å². The fraction of sp³-hybridized carbons (Fsp3) is 0.619. The molecule has 5 atom stereocenters. The van der Waals surface area contributed by atoms with Crippen LogP contribution in [0.5, 0.6) is 0 Å². The van der Waals surface area contributed by atoms with Gasteiger partial charge in [-0.1, -0.05) is 24.3 Å².